The second-order valence-corrected chi connectivity index (χ2v) is 9.74. The van der Waals surface area contributed by atoms with E-state index in [-0.39, 0.29) is 4.90 Å². The molecule has 0 aliphatic heterocycles. The molecule has 1 N–H and O–H groups in total. The molecule has 1 heterocycles. The lowest BCUT2D eigenvalue weighted by Crippen LogP contribution is -2.12. The number of nitrogens with zero attached hydrogens (tertiary/aromatic N) is 1. The highest BCUT2D eigenvalue weighted by molar-refractivity contribution is 8.01. The van der Waals surface area contributed by atoms with Crippen molar-refractivity contribution >= 4 is 60.6 Å². The van der Waals surface area contributed by atoms with Crippen LogP contribution >= 0.6 is 34.7 Å². The lowest BCUT2D eigenvalue weighted by Gasteiger charge is -2.09. The molecule has 24 heavy (non-hydrogen) atoms. The summed E-state index contributed by atoms with van der Waals surface area (Å²) in [6.07, 6.45) is 0. The Morgan fingerprint density at radius 2 is 2.04 bits per heavy atom. The van der Waals surface area contributed by atoms with Gasteiger partial charge in [-0.1, -0.05) is 36.4 Å². The molecule has 0 unspecified atom stereocenters. The summed E-state index contributed by atoms with van der Waals surface area (Å²) in [7, 11) is -3.68. The highest BCUT2D eigenvalue weighted by Gasteiger charge is 2.16. The summed E-state index contributed by atoms with van der Waals surface area (Å²) in [4.78, 5) is 4.65. The minimum Gasteiger partial charge on any atom is -0.280 e. The van der Waals surface area contributed by atoms with E-state index in [1.165, 1.54) is 6.07 Å². The average Bonchev–Trinajstić information content (AvgIpc) is 2.91. The van der Waals surface area contributed by atoms with Crippen molar-refractivity contribution in [2.24, 2.45) is 0 Å². The van der Waals surface area contributed by atoms with Crippen LogP contribution in [0.25, 0.3) is 10.2 Å². The number of anilines is 1. The SMILES string of the molecule is CCSc1nc2ccc(NS(=O)(=O)c3ccc(C)c(Cl)c3)cc2s1. The maximum atomic E-state index is 12.5. The van der Waals surface area contributed by atoms with Crippen molar-refractivity contribution in [1.82, 2.24) is 4.98 Å². The van der Waals surface area contributed by atoms with Gasteiger partial charge in [0.15, 0.2) is 4.34 Å². The van der Waals surface area contributed by atoms with Crippen LogP contribution in [0.4, 0.5) is 5.69 Å². The summed E-state index contributed by atoms with van der Waals surface area (Å²) in [5.41, 5.74) is 2.22. The van der Waals surface area contributed by atoms with E-state index in [1.807, 2.05) is 13.0 Å². The van der Waals surface area contributed by atoms with Crippen molar-refractivity contribution in [3.8, 4) is 0 Å². The summed E-state index contributed by atoms with van der Waals surface area (Å²) in [6, 6.07) is 10.0. The second kappa shape index (κ2) is 6.92. The van der Waals surface area contributed by atoms with Gasteiger partial charge in [-0.05, 0) is 48.6 Å². The fourth-order valence-electron chi connectivity index (χ4n) is 2.11. The van der Waals surface area contributed by atoms with Crippen LogP contribution in [-0.2, 0) is 10.0 Å². The molecular weight excluding hydrogens is 384 g/mol. The molecule has 3 aromatic rings. The van der Waals surface area contributed by atoms with Crippen molar-refractivity contribution < 1.29 is 8.42 Å². The molecule has 0 spiro atoms. The normalized spacial score (nSPS) is 11.8. The van der Waals surface area contributed by atoms with E-state index in [0.29, 0.717) is 10.7 Å². The van der Waals surface area contributed by atoms with Gasteiger partial charge in [-0.2, -0.15) is 0 Å². The van der Waals surface area contributed by atoms with Crippen LogP contribution in [0.2, 0.25) is 5.02 Å². The van der Waals surface area contributed by atoms with Gasteiger partial charge in [0.1, 0.15) is 0 Å². The van der Waals surface area contributed by atoms with E-state index < -0.39 is 10.0 Å². The number of thiazole rings is 1. The third kappa shape index (κ3) is 3.69. The molecule has 126 valence electrons. The molecule has 0 saturated carbocycles. The van der Waals surface area contributed by atoms with Crippen LogP contribution in [0.1, 0.15) is 12.5 Å². The fraction of sp³-hybridized carbons (Fsp3) is 0.188. The highest BCUT2D eigenvalue weighted by Crippen LogP contribution is 2.31. The second-order valence-electron chi connectivity index (χ2n) is 5.11. The van der Waals surface area contributed by atoms with Gasteiger partial charge in [-0.3, -0.25) is 4.72 Å². The van der Waals surface area contributed by atoms with Crippen molar-refractivity contribution in [3.05, 3.63) is 47.0 Å². The summed E-state index contributed by atoms with van der Waals surface area (Å²) < 4.78 is 29.6. The summed E-state index contributed by atoms with van der Waals surface area (Å²) >= 11 is 9.26. The highest BCUT2D eigenvalue weighted by atomic mass is 35.5. The minimum atomic E-state index is -3.68. The zero-order valence-corrected chi connectivity index (χ0v) is 16.2. The number of fused-ring (bicyclic) bond motifs is 1. The third-order valence-electron chi connectivity index (χ3n) is 3.34. The zero-order valence-electron chi connectivity index (χ0n) is 13.0. The third-order valence-corrected chi connectivity index (χ3v) is 7.17. The van der Waals surface area contributed by atoms with Gasteiger partial charge in [-0.25, -0.2) is 13.4 Å². The quantitative estimate of drug-likeness (QED) is 0.602. The molecule has 0 atom stereocenters. The predicted molar refractivity (Wildman–Crippen MR) is 103 cm³/mol. The first-order valence-corrected chi connectivity index (χ1v) is 10.9. The number of hydrogen-bond acceptors (Lipinski definition) is 5. The van der Waals surface area contributed by atoms with E-state index in [2.05, 4.69) is 16.6 Å². The summed E-state index contributed by atoms with van der Waals surface area (Å²) in [5.74, 6) is 0.952. The van der Waals surface area contributed by atoms with Crippen LogP contribution in [0.3, 0.4) is 0 Å². The molecule has 4 nitrogen and oxygen atoms in total. The Morgan fingerprint density at radius 3 is 2.75 bits per heavy atom. The Hall–Kier alpha value is -1.28. The van der Waals surface area contributed by atoms with E-state index >= 15 is 0 Å². The summed E-state index contributed by atoms with van der Waals surface area (Å²) in [6.45, 7) is 3.90. The van der Waals surface area contributed by atoms with Gasteiger partial charge >= 0.3 is 0 Å². The van der Waals surface area contributed by atoms with E-state index in [1.54, 1.807) is 47.4 Å². The molecule has 3 rings (SSSR count). The largest absolute Gasteiger partial charge is 0.280 e. The van der Waals surface area contributed by atoms with Gasteiger partial charge in [0.2, 0.25) is 0 Å². The van der Waals surface area contributed by atoms with E-state index in [4.69, 9.17) is 11.6 Å². The Balaban J connectivity index is 1.91. The van der Waals surface area contributed by atoms with E-state index in [0.717, 1.165) is 25.9 Å². The number of aryl methyl sites for hydroxylation is 1. The molecule has 0 aliphatic rings. The molecule has 0 fully saturated rings. The molecule has 2 aromatic carbocycles. The van der Waals surface area contributed by atoms with Gasteiger partial charge in [-0.15, -0.1) is 11.3 Å². The monoisotopic (exact) mass is 398 g/mol. The standard InChI is InChI=1S/C16H15ClN2O2S3/c1-3-22-16-18-14-7-5-11(8-15(14)23-16)19-24(20,21)12-6-4-10(2)13(17)9-12/h4-9,19H,3H2,1-2H3. The number of benzene rings is 2. The van der Waals surface area contributed by atoms with Crippen molar-refractivity contribution in [2.45, 2.75) is 23.1 Å². The lowest BCUT2D eigenvalue weighted by molar-refractivity contribution is 0.601. The van der Waals surface area contributed by atoms with Crippen molar-refractivity contribution in [2.75, 3.05) is 10.5 Å². The number of halogens is 1. The van der Waals surface area contributed by atoms with Crippen LogP contribution in [0.15, 0.2) is 45.6 Å². The first-order chi connectivity index (χ1) is 11.4. The molecule has 1 aromatic heterocycles. The number of rotatable bonds is 5. The van der Waals surface area contributed by atoms with Crippen LogP contribution < -0.4 is 4.72 Å². The molecule has 8 heteroatoms. The maximum Gasteiger partial charge on any atom is 0.261 e. The lowest BCUT2D eigenvalue weighted by atomic mass is 10.2. The summed E-state index contributed by atoms with van der Waals surface area (Å²) in [5, 5.41) is 0.428. The predicted octanol–water partition coefficient (Wildman–Crippen LogP) is 5.17. The smallest absolute Gasteiger partial charge is 0.261 e. The van der Waals surface area contributed by atoms with Crippen LogP contribution in [-0.4, -0.2) is 19.2 Å². The number of nitrogens with one attached hydrogen (secondary N) is 1. The van der Waals surface area contributed by atoms with Crippen molar-refractivity contribution in [3.63, 3.8) is 0 Å². The Bertz CT molecular complexity index is 1000. The molecule has 0 aliphatic carbocycles. The molecule has 0 bridgehead atoms. The minimum absolute atomic E-state index is 0.143. The number of aromatic nitrogens is 1. The van der Waals surface area contributed by atoms with Gasteiger partial charge in [0, 0.05) is 5.02 Å². The topological polar surface area (TPSA) is 59.1 Å². The van der Waals surface area contributed by atoms with Crippen LogP contribution in [0, 0.1) is 6.92 Å². The van der Waals surface area contributed by atoms with E-state index in [9.17, 15) is 8.42 Å². The van der Waals surface area contributed by atoms with Gasteiger partial charge in [0.05, 0.1) is 20.8 Å². The maximum absolute atomic E-state index is 12.5. The van der Waals surface area contributed by atoms with Gasteiger partial charge in [0.25, 0.3) is 10.0 Å². The zero-order chi connectivity index (χ0) is 17.3. The first kappa shape index (κ1) is 17.5. The average molecular weight is 399 g/mol. The van der Waals surface area contributed by atoms with Crippen LogP contribution in [0.5, 0.6) is 0 Å². The Kier molecular flexibility index (Phi) is 5.05. The number of hydrogen-bond donors (Lipinski definition) is 1. The first-order valence-electron chi connectivity index (χ1n) is 7.21. The Morgan fingerprint density at radius 1 is 1.25 bits per heavy atom. The number of thioether (sulfide) groups is 1. The van der Waals surface area contributed by atoms with Crippen molar-refractivity contribution in [1.29, 1.82) is 0 Å². The fourth-order valence-corrected chi connectivity index (χ4v) is 5.43. The molecule has 0 radical (unpaired) electrons. The Labute approximate surface area is 154 Å². The molecule has 0 amide bonds. The molecular formula is C16H15ClN2O2S3. The number of sulfonamides is 1. The molecule has 0 saturated heterocycles. The van der Waals surface area contributed by atoms with Gasteiger partial charge < -0.3 is 0 Å².